The molecule has 1 aromatic rings. The van der Waals surface area contributed by atoms with Crippen molar-refractivity contribution in [2.24, 2.45) is 11.8 Å². The average Bonchev–Trinajstić information content (AvgIpc) is 3.03. The quantitative estimate of drug-likeness (QED) is 0.888. The predicted molar refractivity (Wildman–Crippen MR) is 69.6 cm³/mol. The fourth-order valence-electron chi connectivity index (χ4n) is 2.65. The number of ether oxygens (including phenoxy) is 1. The maximum Gasteiger partial charge on any atom is 0.138 e. The Morgan fingerprint density at radius 3 is 2.65 bits per heavy atom. The van der Waals surface area contributed by atoms with Crippen molar-refractivity contribution in [1.29, 1.82) is 0 Å². The van der Waals surface area contributed by atoms with Crippen molar-refractivity contribution >= 4 is 11.6 Å². The molecular formula is C14H18ClNO. The van der Waals surface area contributed by atoms with Gasteiger partial charge in [0.2, 0.25) is 0 Å². The fraction of sp³-hybridized carbons (Fsp3) is 0.571. The molecule has 1 aliphatic carbocycles. The van der Waals surface area contributed by atoms with Crippen LogP contribution in [0.4, 0.5) is 0 Å². The van der Waals surface area contributed by atoms with Crippen LogP contribution in [0.5, 0.6) is 5.75 Å². The van der Waals surface area contributed by atoms with Gasteiger partial charge in [0.15, 0.2) is 0 Å². The molecule has 0 spiro atoms. The molecule has 1 saturated heterocycles. The molecule has 92 valence electrons. The standard InChI is InChI=1S/C14H18ClNO/c15-12-3-1-2-4-13(12)17-14(10-5-6-10)11-7-8-16-9-11/h1-4,10-11,14,16H,5-9H2/t11-,14+/m0/s1. The van der Waals surface area contributed by atoms with Gasteiger partial charge in [0, 0.05) is 12.5 Å². The van der Waals surface area contributed by atoms with Gasteiger partial charge in [-0.1, -0.05) is 23.7 Å². The molecule has 2 atom stereocenters. The molecular weight excluding hydrogens is 234 g/mol. The number of nitrogens with one attached hydrogen (secondary N) is 1. The van der Waals surface area contributed by atoms with Gasteiger partial charge in [0.05, 0.1) is 5.02 Å². The molecule has 0 radical (unpaired) electrons. The second-order valence-corrected chi connectivity index (χ2v) is 5.51. The molecule has 1 aromatic carbocycles. The second-order valence-electron chi connectivity index (χ2n) is 5.10. The van der Waals surface area contributed by atoms with Crippen LogP contribution in [0.1, 0.15) is 19.3 Å². The van der Waals surface area contributed by atoms with Crippen LogP contribution in [0.25, 0.3) is 0 Å². The van der Waals surface area contributed by atoms with Crippen molar-refractivity contribution in [1.82, 2.24) is 5.32 Å². The van der Waals surface area contributed by atoms with E-state index < -0.39 is 0 Å². The molecule has 0 aromatic heterocycles. The van der Waals surface area contributed by atoms with Crippen LogP contribution in [0.15, 0.2) is 24.3 Å². The van der Waals surface area contributed by atoms with E-state index in [0.29, 0.717) is 12.0 Å². The molecule has 0 amide bonds. The van der Waals surface area contributed by atoms with Crippen LogP contribution in [0, 0.1) is 11.8 Å². The largest absolute Gasteiger partial charge is 0.488 e. The Kier molecular flexibility index (Phi) is 3.26. The first-order chi connectivity index (χ1) is 8.34. The second kappa shape index (κ2) is 4.87. The van der Waals surface area contributed by atoms with Crippen molar-refractivity contribution in [3.05, 3.63) is 29.3 Å². The summed E-state index contributed by atoms with van der Waals surface area (Å²) in [6.45, 7) is 2.21. The van der Waals surface area contributed by atoms with Crippen molar-refractivity contribution in [3.8, 4) is 5.75 Å². The minimum absolute atomic E-state index is 0.352. The van der Waals surface area contributed by atoms with Crippen LogP contribution in [-0.2, 0) is 0 Å². The van der Waals surface area contributed by atoms with Gasteiger partial charge in [-0.05, 0) is 43.9 Å². The first-order valence-electron chi connectivity index (χ1n) is 6.46. The Hall–Kier alpha value is -0.730. The summed E-state index contributed by atoms with van der Waals surface area (Å²) in [5.74, 6) is 2.24. The average molecular weight is 252 g/mol. The van der Waals surface area contributed by atoms with Gasteiger partial charge in [-0.15, -0.1) is 0 Å². The van der Waals surface area contributed by atoms with Crippen LogP contribution in [0.2, 0.25) is 5.02 Å². The van der Waals surface area contributed by atoms with Gasteiger partial charge in [-0.2, -0.15) is 0 Å². The summed E-state index contributed by atoms with van der Waals surface area (Å²) in [6, 6.07) is 7.80. The first kappa shape index (κ1) is 11.4. The number of halogens is 1. The van der Waals surface area contributed by atoms with Gasteiger partial charge in [0.1, 0.15) is 11.9 Å². The molecule has 1 saturated carbocycles. The molecule has 1 aliphatic heterocycles. The lowest BCUT2D eigenvalue weighted by atomic mass is 9.97. The zero-order valence-corrected chi connectivity index (χ0v) is 10.6. The lowest BCUT2D eigenvalue weighted by Gasteiger charge is -2.24. The zero-order chi connectivity index (χ0) is 11.7. The van der Waals surface area contributed by atoms with E-state index in [9.17, 15) is 0 Å². The highest BCUT2D eigenvalue weighted by atomic mass is 35.5. The van der Waals surface area contributed by atoms with E-state index in [-0.39, 0.29) is 0 Å². The minimum atomic E-state index is 0.352. The maximum atomic E-state index is 6.18. The molecule has 2 aliphatic rings. The van der Waals surface area contributed by atoms with Crippen molar-refractivity contribution < 1.29 is 4.74 Å². The molecule has 3 rings (SSSR count). The van der Waals surface area contributed by atoms with E-state index in [1.54, 1.807) is 0 Å². The van der Waals surface area contributed by atoms with E-state index in [2.05, 4.69) is 5.32 Å². The summed E-state index contributed by atoms with van der Waals surface area (Å²) < 4.78 is 6.18. The van der Waals surface area contributed by atoms with Gasteiger partial charge in [0.25, 0.3) is 0 Å². The summed E-state index contributed by atoms with van der Waals surface area (Å²) in [5, 5.41) is 4.15. The van der Waals surface area contributed by atoms with Gasteiger partial charge >= 0.3 is 0 Å². The van der Waals surface area contributed by atoms with Crippen LogP contribution in [-0.4, -0.2) is 19.2 Å². The normalized spacial score (nSPS) is 25.8. The highest BCUT2D eigenvalue weighted by molar-refractivity contribution is 6.32. The number of rotatable bonds is 4. The summed E-state index contributed by atoms with van der Waals surface area (Å²) in [6.07, 6.45) is 4.20. The molecule has 2 fully saturated rings. The summed E-state index contributed by atoms with van der Waals surface area (Å²) in [7, 11) is 0. The highest BCUT2D eigenvalue weighted by Gasteiger charge is 2.39. The summed E-state index contributed by atoms with van der Waals surface area (Å²) in [5.41, 5.74) is 0. The van der Waals surface area contributed by atoms with E-state index in [4.69, 9.17) is 16.3 Å². The fourth-order valence-corrected chi connectivity index (χ4v) is 2.83. The van der Waals surface area contributed by atoms with Crippen molar-refractivity contribution in [2.75, 3.05) is 13.1 Å². The van der Waals surface area contributed by atoms with E-state index in [1.807, 2.05) is 24.3 Å². The Bertz CT molecular complexity index is 386. The van der Waals surface area contributed by atoms with Crippen LogP contribution < -0.4 is 10.1 Å². The Balaban J connectivity index is 1.74. The number of para-hydroxylation sites is 1. The van der Waals surface area contributed by atoms with Crippen molar-refractivity contribution in [3.63, 3.8) is 0 Å². The number of hydrogen-bond donors (Lipinski definition) is 1. The van der Waals surface area contributed by atoms with Crippen molar-refractivity contribution in [2.45, 2.75) is 25.4 Å². The molecule has 3 heteroatoms. The SMILES string of the molecule is Clc1ccccc1O[C@H](C1CC1)[C@H]1CCNC1. The number of benzene rings is 1. The van der Waals surface area contributed by atoms with E-state index >= 15 is 0 Å². The first-order valence-corrected chi connectivity index (χ1v) is 6.84. The lowest BCUT2D eigenvalue weighted by Crippen LogP contribution is -2.30. The van der Waals surface area contributed by atoms with Gasteiger partial charge in [-0.25, -0.2) is 0 Å². The Morgan fingerprint density at radius 1 is 1.18 bits per heavy atom. The Labute approximate surface area is 107 Å². The summed E-state index contributed by atoms with van der Waals surface area (Å²) >= 11 is 6.16. The topological polar surface area (TPSA) is 21.3 Å². The maximum absolute atomic E-state index is 6.18. The third kappa shape index (κ3) is 2.58. The zero-order valence-electron chi connectivity index (χ0n) is 9.86. The molecule has 1 heterocycles. The van der Waals surface area contributed by atoms with Gasteiger partial charge < -0.3 is 10.1 Å². The van der Waals surface area contributed by atoms with Crippen LogP contribution >= 0.6 is 11.6 Å². The van der Waals surface area contributed by atoms with E-state index in [0.717, 1.165) is 29.8 Å². The third-order valence-corrected chi connectivity index (χ3v) is 4.06. The molecule has 1 N–H and O–H groups in total. The molecule has 17 heavy (non-hydrogen) atoms. The molecule has 0 unspecified atom stereocenters. The lowest BCUT2D eigenvalue weighted by molar-refractivity contribution is 0.121. The monoisotopic (exact) mass is 251 g/mol. The Morgan fingerprint density at radius 2 is 2.00 bits per heavy atom. The predicted octanol–water partition coefficient (Wildman–Crippen LogP) is 3.11. The minimum Gasteiger partial charge on any atom is -0.488 e. The molecule has 2 nitrogen and oxygen atoms in total. The van der Waals surface area contributed by atoms with Crippen LogP contribution in [0.3, 0.4) is 0 Å². The third-order valence-electron chi connectivity index (χ3n) is 3.75. The highest BCUT2D eigenvalue weighted by Crippen LogP contribution is 2.40. The molecule has 0 bridgehead atoms. The van der Waals surface area contributed by atoms with Gasteiger partial charge in [-0.3, -0.25) is 0 Å². The van der Waals surface area contributed by atoms with E-state index in [1.165, 1.54) is 19.3 Å². The smallest absolute Gasteiger partial charge is 0.138 e. The number of hydrogen-bond acceptors (Lipinski definition) is 2. The summed E-state index contributed by atoms with van der Waals surface area (Å²) in [4.78, 5) is 0.